The average molecular weight is 373 g/mol. The van der Waals surface area contributed by atoms with Crippen molar-refractivity contribution in [1.29, 1.82) is 0 Å². The molecule has 0 aliphatic heterocycles. The minimum Gasteiger partial charge on any atom is -0.296 e. The molecule has 0 unspecified atom stereocenters. The number of allylic oxidation sites excluding steroid dienone is 2. The molecule has 0 amide bonds. The number of para-hydroxylation sites is 1. The van der Waals surface area contributed by atoms with Crippen molar-refractivity contribution in [3.63, 3.8) is 0 Å². The third-order valence-electron chi connectivity index (χ3n) is 5.68. The first-order chi connectivity index (χ1) is 13.2. The summed E-state index contributed by atoms with van der Waals surface area (Å²) in [6.45, 7) is 3.53. The standard InChI is InChI=1S/C26H46N/c1-4-5-6-7-8-9-10-11-12-13-14-15-16-17-18-22-25-27(2,3)26-23-20-19-21-24-26/h11-12,19-21,23-24H,4-10,13-18,22,25H2,1-3H3/q+1/b12-11-. The maximum atomic E-state index is 2.42. The van der Waals surface area contributed by atoms with Gasteiger partial charge in [0.1, 0.15) is 5.69 Å². The predicted molar refractivity (Wildman–Crippen MR) is 124 cm³/mol. The summed E-state index contributed by atoms with van der Waals surface area (Å²) in [5.41, 5.74) is 1.42. The molecule has 1 aromatic carbocycles. The number of quaternary nitrogens is 1. The monoisotopic (exact) mass is 372 g/mol. The molecule has 1 heteroatoms. The van der Waals surface area contributed by atoms with Gasteiger partial charge in [-0.25, -0.2) is 0 Å². The van der Waals surface area contributed by atoms with Crippen molar-refractivity contribution in [2.45, 2.75) is 96.8 Å². The molecule has 0 aliphatic carbocycles. The van der Waals surface area contributed by atoms with Crippen molar-refractivity contribution < 1.29 is 0 Å². The van der Waals surface area contributed by atoms with Crippen LogP contribution in [0.2, 0.25) is 0 Å². The Kier molecular flexibility index (Phi) is 14.1. The predicted octanol–water partition coefficient (Wildman–Crippen LogP) is 8.29. The van der Waals surface area contributed by atoms with Crippen molar-refractivity contribution in [2.24, 2.45) is 0 Å². The lowest BCUT2D eigenvalue weighted by molar-refractivity contribution is 0.381. The number of benzene rings is 1. The van der Waals surface area contributed by atoms with Gasteiger partial charge in [0, 0.05) is 0 Å². The fourth-order valence-electron chi connectivity index (χ4n) is 3.72. The van der Waals surface area contributed by atoms with Crippen molar-refractivity contribution >= 4 is 5.69 Å². The molecule has 0 radical (unpaired) electrons. The minimum absolute atomic E-state index is 1.00. The summed E-state index contributed by atoms with van der Waals surface area (Å²) in [5.74, 6) is 0. The van der Waals surface area contributed by atoms with E-state index in [1.165, 1.54) is 102 Å². The Bertz CT molecular complexity index is 460. The molecular formula is C26H46N+. The third kappa shape index (κ3) is 12.8. The summed E-state index contributed by atoms with van der Waals surface area (Å²) in [5, 5.41) is 0. The highest BCUT2D eigenvalue weighted by Crippen LogP contribution is 2.19. The number of nitrogens with zero attached hydrogens (tertiary/aromatic N) is 1. The van der Waals surface area contributed by atoms with Gasteiger partial charge < -0.3 is 0 Å². The molecule has 1 nitrogen and oxygen atoms in total. The molecule has 0 atom stereocenters. The molecule has 1 aromatic rings. The van der Waals surface area contributed by atoms with Gasteiger partial charge >= 0.3 is 0 Å². The second-order valence-electron chi connectivity index (χ2n) is 8.68. The average Bonchev–Trinajstić information content (AvgIpc) is 2.68. The first kappa shape index (κ1) is 24.0. The molecule has 0 fully saturated rings. The fraction of sp³-hybridized carbons (Fsp3) is 0.692. The second kappa shape index (κ2) is 15.9. The maximum absolute atomic E-state index is 2.42. The molecule has 0 saturated heterocycles. The first-order valence-corrected chi connectivity index (χ1v) is 11.7. The van der Waals surface area contributed by atoms with Crippen molar-refractivity contribution in [1.82, 2.24) is 4.48 Å². The molecular weight excluding hydrogens is 326 g/mol. The Morgan fingerprint density at radius 2 is 1.11 bits per heavy atom. The second-order valence-corrected chi connectivity index (χ2v) is 8.68. The molecule has 0 saturated carbocycles. The van der Waals surface area contributed by atoms with Gasteiger partial charge in [-0.05, 0) is 50.7 Å². The van der Waals surface area contributed by atoms with Crippen LogP contribution in [0.1, 0.15) is 96.8 Å². The largest absolute Gasteiger partial charge is 0.296 e. The van der Waals surface area contributed by atoms with Crippen molar-refractivity contribution in [2.75, 3.05) is 20.6 Å². The van der Waals surface area contributed by atoms with Gasteiger partial charge in [0.2, 0.25) is 0 Å². The molecule has 0 N–H and O–H groups in total. The summed E-state index contributed by atoms with van der Waals surface area (Å²) >= 11 is 0. The molecule has 0 bridgehead atoms. The van der Waals surface area contributed by atoms with Gasteiger partial charge in [-0.1, -0.05) is 88.6 Å². The first-order valence-electron chi connectivity index (χ1n) is 11.7. The highest BCUT2D eigenvalue weighted by atomic mass is 15.3. The van der Waals surface area contributed by atoms with E-state index >= 15 is 0 Å². The van der Waals surface area contributed by atoms with E-state index in [9.17, 15) is 0 Å². The van der Waals surface area contributed by atoms with E-state index in [1.54, 1.807) is 0 Å². The minimum atomic E-state index is 1.00. The number of hydrogen-bond acceptors (Lipinski definition) is 0. The highest BCUT2D eigenvalue weighted by molar-refractivity contribution is 5.40. The molecule has 27 heavy (non-hydrogen) atoms. The van der Waals surface area contributed by atoms with E-state index in [1.807, 2.05) is 0 Å². The Morgan fingerprint density at radius 1 is 0.630 bits per heavy atom. The lowest BCUT2D eigenvalue weighted by Gasteiger charge is -2.29. The zero-order chi connectivity index (χ0) is 19.6. The zero-order valence-electron chi connectivity index (χ0n) is 18.6. The fourth-order valence-corrected chi connectivity index (χ4v) is 3.72. The van der Waals surface area contributed by atoms with Crippen LogP contribution >= 0.6 is 0 Å². The molecule has 1 rings (SSSR count). The van der Waals surface area contributed by atoms with Crippen LogP contribution in [0.15, 0.2) is 42.5 Å². The lowest BCUT2D eigenvalue weighted by atomic mass is 10.1. The number of rotatable bonds is 17. The van der Waals surface area contributed by atoms with Gasteiger partial charge in [0.15, 0.2) is 0 Å². The van der Waals surface area contributed by atoms with E-state index in [4.69, 9.17) is 0 Å². The van der Waals surface area contributed by atoms with Crippen LogP contribution in [0.5, 0.6) is 0 Å². The summed E-state index contributed by atoms with van der Waals surface area (Å²) in [6, 6.07) is 10.9. The van der Waals surface area contributed by atoms with E-state index < -0.39 is 0 Å². The van der Waals surface area contributed by atoms with Crippen LogP contribution in [0.3, 0.4) is 0 Å². The van der Waals surface area contributed by atoms with Gasteiger partial charge in [0.05, 0.1) is 20.6 Å². The van der Waals surface area contributed by atoms with Crippen molar-refractivity contribution in [3.8, 4) is 0 Å². The van der Waals surface area contributed by atoms with Gasteiger partial charge in [0.25, 0.3) is 0 Å². The molecule has 154 valence electrons. The Balaban J connectivity index is 1.88. The molecule has 0 aromatic heterocycles. The van der Waals surface area contributed by atoms with Gasteiger partial charge in [-0.2, -0.15) is 0 Å². The van der Waals surface area contributed by atoms with Crippen LogP contribution < -0.4 is 4.48 Å². The van der Waals surface area contributed by atoms with E-state index in [2.05, 4.69) is 63.5 Å². The summed E-state index contributed by atoms with van der Waals surface area (Å²) < 4.78 is 1.00. The van der Waals surface area contributed by atoms with Gasteiger partial charge in [-0.3, -0.25) is 4.48 Å². The lowest BCUT2D eigenvalue weighted by Crippen LogP contribution is -2.41. The SMILES string of the molecule is CCCCCCCC/C=C\CCCCCCCC[N+](C)(C)c1ccccc1. The maximum Gasteiger partial charge on any atom is 0.132 e. The van der Waals surface area contributed by atoms with Crippen LogP contribution in [-0.2, 0) is 0 Å². The van der Waals surface area contributed by atoms with E-state index in [0.717, 1.165) is 4.48 Å². The summed E-state index contributed by atoms with van der Waals surface area (Å²) in [7, 11) is 4.65. The number of unbranched alkanes of at least 4 members (excludes halogenated alkanes) is 12. The van der Waals surface area contributed by atoms with Crippen LogP contribution in [0, 0.1) is 0 Å². The number of hydrogen-bond donors (Lipinski definition) is 0. The highest BCUT2D eigenvalue weighted by Gasteiger charge is 2.17. The van der Waals surface area contributed by atoms with E-state index in [-0.39, 0.29) is 0 Å². The van der Waals surface area contributed by atoms with Crippen LogP contribution in [0.4, 0.5) is 5.69 Å². The smallest absolute Gasteiger partial charge is 0.132 e. The Morgan fingerprint density at radius 3 is 1.67 bits per heavy atom. The summed E-state index contributed by atoms with van der Waals surface area (Å²) in [4.78, 5) is 0. The van der Waals surface area contributed by atoms with Crippen LogP contribution in [0.25, 0.3) is 0 Å². The summed E-state index contributed by atoms with van der Waals surface area (Å²) in [6.07, 6.45) is 24.2. The van der Waals surface area contributed by atoms with Gasteiger partial charge in [-0.15, -0.1) is 0 Å². The van der Waals surface area contributed by atoms with Crippen molar-refractivity contribution in [3.05, 3.63) is 42.5 Å². The molecule has 0 spiro atoms. The third-order valence-corrected chi connectivity index (χ3v) is 5.68. The quantitative estimate of drug-likeness (QED) is 0.146. The molecule has 0 heterocycles. The normalized spacial score (nSPS) is 12.1. The Hall–Kier alpha value is -1.08. The van der Waals surface area contributed by atoms with Crippen LogP contribution in [-0.4, -0.2) is 20.6 Å². The van der Waals surface area contributed by atoms with E-state index in [0.29, 0.717) is 0 Å². The Labute approximate surface area is 170 Å². The molecule has 0 aliphatic rings. The zero-order valence-corrected chi connectivity index (χ0v) is 18.6. The topological polar surface area (TPSA) is 0 Å².